The number of hydrogen-bond acceptors (Lipinski definition) is 4. The summed E-state index contributed by atoms with van der Waals surface area (Å²) in [4.78, 5) is 26.0. The molecule has 0 radical (unpaired) electrons. The molecule has 1 aliphatic heterocycles. The number of piperidine rings is 1. The van der Waals surface area contributed by atoms with Crippen molar-refractivity contribution in [2.24, 2.45) is 5.92 Å². The molecule has 1 fully saturated rings. The first kappa shape index (κ1) is 20.5. The molecule has 29 heavy (non-hydrogen) atoms. The summed E-state index contributed by atoms with van der Waals surface area (Å²) in [5.41, 5.74) is 2.07. The minimum absolute atomic E-state index is 0.0401. The molecule has 0 unspecified atom stereocenters. The quantitative estimate of drug-likeness (QED) is 0.800. The van der Waals surface area contributed by atoms with Gasteiger partial charge in [0.05, 0.1) is 7.11 Å². The van der Waals surface area contributed by atoms with Gasteiger partial charge in [-0.15, -0.1) is 0 Å². The molecule has 0 atom stereocenters. The lowest BCUT2D eigenvalue weighted by Gasteiger charge is -2.31. The molecule has 1 aliphatic rings. The number of carboxylic acid groups (broad SMARTS) is 1. The van der Waals surface area contributed by atoms with E-state index in [0.29, 0.717) is 30.0 Å². The number of aryl methyl sites for hydroxylation is 1. The fraction of sp³-hybridized carbons (Fsp3) is 0.304. The number of aromatic carboxylic acids is 1. The minimum atomic E-state index is -1.19. The largest absolute Gasteiger partial charge is 0.507 e. The zero-order valence-corrected chi connectivity index (χ0v) is 16.6. The monoisotopic (exact) mass is 395 g/mol. The third-order valence-corrected chi connectivity index (χ3v) is 5.24. The summed E-state index contributed by atoms with van der Waals surface area (Å²) in [6.07, 6.45) is 5.26. The van der Waals surface area contributed by atoms with Crippen LogP contribution in [0.15, 0.2) is 42.5 Å². The van der Waals surface area contributed by atoms with Crippen LogP contribution in [0.5, 0.6) is 11.5 Å². The molecule has 1 saturated heterocycles. The maximum Gasteiger partial charge on any atom is 0.340 e. The Labute approximate surface area is 170 Å². The zero-order valence-electron chi connectivity index (χ0n) is 16.6. The van der Waals surface area contributed by atoms with Crippen molar-refractivity contribution in [1.82, 2.24) is 4.90 Å². The molecule has 0 spiro atoms. The van der Waals surface area contributed by atoms with Crippen molar-refractivity contribution in [3.05, 3.63) is 64.7 Å². The Kier molecular flexibility index (Phi) is 6.22. The molecular weight excluding hydrogens is 370 g/mol. The number of aromatic hydroxyl groups is 1. The van der Waals surface area contributed by atoms with E-state index in [4.69, 9.17) is 4.74 Å². The lowest BCUT2D eigenvalue weighted by Crippen LogP contribution is -2.38. The number of methoxy groups -OCH3 is 1. The highest BCUT2D eigenvalue weighted by atomic mass is 16.5. The predicted octanol–water partition coefficient (Wildman–Crippen LogP) is 3.97. The zero-order chi connectivity index (χ0) is 21.0. The third-order valence-electron chi connectivity index (χ3n) is 5.24. The summed E-state index contributed by atoms with van der Waals surface area (Å²) in [5.74, 6) is -0.852. The van der Waals surface area contributed by atoms with Crippen LogP contribution in [-0.2, 0) is 0 Å². The summed E-state index contributed by atoms with van der Waals surface area (Å²) in [6, 6.07) is 10.5. The summed E-state index contributed by atoms with van der Waals surface area (Å²) < 4.78 is 5.12. The smallest absolute Gasteiger partial charge is 0.340 e. The third kappa shape index (κ3) is 4.77. The van der Waals surface area contributed by atoms with Crippen molar-refractivity contribution in [2.75, 3.05) is 20.2 Å². The molecule has 2 aromatic rings. The average Bonchev–Trinajstić information content (AvgIpc) is 2.72. The molecular formula is C23H25NO5. The van der Waals surface area contributed by atoms with Gasteiger partial charge in [0, 0.05) is 24.7 Å². The Hall–Kier alpha value is -3.28. The average molecular weight is 395 g/mol. The number of carbonyl (C=O) groups is 2. The molecule has 6 nitrogen and oxygen atoms in total. The number of amides is 1. The van der Waals surface area contributed by atoms with Gasteiger partial charge in [-0.2, -0.15) is 0 Å². The van der Waals surface area contributed by atoms with Crippen LogP contribution in [0.1, 0.15) is 44.7 Å². The molecule has 152 valence electrons. The molecule has 2 N–H and O–H groups in total. The highest BCUT2D eigenvalue weighted by Crippen LogP contribution is 2.30. The Morgan fingerprint density at radius 2 is 1.79 bits per heavy atom. The van der Waals surface area contributed by atoms with Crippen LogP contribution in [0, 0.1) is 12.8 Å². The van der Waals surface area contributed by atoms with E-state index in [-0.39, 0.29) is 23.1 Å². The Morgan fingerprint density at radius 3 is 2.38 bits per heavy atom. The van der Waals surface area contributed by atoms with Gasteiger partial charge in [0.2, 0.25) is 0 Å². The van der Waals surface area contributed by atoms with Gasteiger partial charge >= 0.3 is 5.97 Å². The summed E-state index contributed by atoms with van der Waals surface area (Å²) in [5, 5.41) is 19.4. The van der Waals surface area contributed by atoms with E-state index in [1.807, 2.05) is 42.2 Å². The van der Waals surface area contributed by atoms with Gasteiger partial charge in [-0.3, -0.25) is 4.79 Å². The van der Waals surface area contributed by atoms with E-state index >= 15 is 0 Å². The van der Waals surface area contributed by atoms with Crippen molar-refractivity contribution in [2.45, 2.75) is 19.8 Å². The Bertz CT molecular complexity index is 925. The van der Waals surface area contributed by atoms with Gasteiger partial charge in [0.1, 0.15) is 17.1 Å². The highest BCUT2D eigenvalue weighted by Gasteiger charge is 2.23. The number of nitrogens with zero attached hydrogens (tertiary/aromatic N) is 1. The molecule has 1 heterocycles. The topological polar surface area (TPSA) is 87.1 Å². The maximum atomic E-state index is 12.6. The number of allylic oxidation sites excluding steroid dienone is 1. The minimum Gasteiger partial charge on any atom is -0.507 e. The van der Waals surface area contributed by atoms with E-state index in [0.717, 1.165) is 18.4 Å². The predicted molar refractivity (Wildman–Crippen MR) is 110 cm³/mol. The number of rotatable bonds is 5. The molecule has 0 aliphatic carbocycles. The first-order chi connectivity index (χ1) is 13.9. The van der Waals surface area contributed by atoms with E-state index < -0.39 is 5.97 Å². The van der Waals surface area contributed by atoms with Crippen LogP contribution in [0.4, 0.5) is 0 Å². The second-order valence-electron chi connectivity index (χ2n) is 7.27. The maximum absolute atomic E-state index is 12.6. The molecule has 0 saturated carbocycles. The van der Waals surface area contributed by atoms with Crippen LogP contribution >= 0.6 is 0 Å². The number of benzene rings is 2. The second kappa shape index (κ2) is 8.82. The lowest BCUT2D eigenvalue weighted by molar-refractivity contribution is 0.0687. The molecule has 3 rings (SSSR count). The van der Waals surface area contributed by atoms with Crippen molar-refractivity contribution >= 4 is 18.0 Å². The highest BCUT2D eigenvalue weighted by molar-refractivity contribution is 5.95. The number of carboxylic acids is 1. The van der Waals surface area contributed by atoms with E-state index in [1.54, 1.807) is 12.1 Å². The van der Waals surface area contributed by atoms with Crippen LogP contribution in [0.25, 0.3) is 6.08 Å². The summed E-state index contributed by atoms with van der Waals surface area (Å²) in [7, 11) is 1.46. The molecule has 0 bridgehead atoms. The van der Waals surface area contributed by atoms with Gasteiger partial charge in [-0.1, -0.05) is 29.8 Å². The van der Waals surface area contributed by atoms with Crippen LogP contribution < -0.4 is 4.74 Å². The standard InChI is InChI=1S/C23H25NO5/c1-15-3-6-17(7-4-15)22(26)24-11-9-16(10-12-24)5-8-18-13-19(29-2)14-20(25)21(18)23(27)28/h3-8,13-14,16,25H,9-12H2,1-2H3,(H,27,28)/b8-5+. The fourth-order valence-corrected chi connectivity index (χ4v) is 3.52. The number of likely N-dealkylation sites (tertiary alicyclic amines) is 1. The van der Waals surface area contributed by atoms with E-state index in [1.165, 1.54) is 13.2 Å². The molecule has 1 amide bonds. The van der Waals surface area contributed by atoms with Gasteiger partial charge in [0.25, 0.3) is 5.91 Å². The first-order valence-electron chi connectivity index (χ1n) is 9.57. The van der Waals surface area contributed by atoms with Gasteiger partial charge < -0.3 is 19.8 Å². The van der Waals surface area contributed by atoms with Crippen LogP contribution in [0.3, 0.4) is 0 Å². The van der Waals surface area contributed by atoms with Crippen molar-refractivity contribution in [3.63, 3.8) is 0 Å². The van der Waals surface area contributed by atoms with Gasteiger partial charge in [-0.05, 0) is 49.4 Å². The normalized spacial score (nSPS) is 14.9. The van der Waals surface area contributed by atoms with E-state index in [9.17, 15) is 19.8 Å². The van der Waals surface area contributed by atoms with Crippen LogP contribution in [0.2, 0.25) is 0 Å². The Balaban J connectivity index is 1.67. The molecule has 6 heteroatoms. The first-order valence-corrected chi connectivity index (χ1v) is 9.57. The SMILES string of the molecule is COc1cc(O)c(C(=O)O)c(/C=C/C2CCN(C(=O)c3ccc(C)cc3)CC2)c1. The van der Waals surface area contributed by atoms with Gasteiger partial charge in [0.15, 0.2) is 0 Å². The molecule has 0 aromatic heterocycles. The fourth-order valence-electron chi connectivity index (χ4n) is 3.52. The lowest BCUT2D eigenvalue weighted by atomic mass is 9.94. The Morgan fingerprint density at radius 1 is 1.14 bits per heavy atom. The number of hydrogen-bond donors (Lipinski definition) is 2. The summed E-state index contributed by atoms with van der Waals surface area (Å²) in [6.45, 7) is 3.29. The van der Waals surface area contributed by atoms with Gasteiger partial charge in [-0.25, -0.2) is 4.79 Å². The van der Waals surface area contributed by atoms with E-state index in [2.05, 4.69) is 0 Å². The van der Waals surface area contributed by atoms with Crippen LogP contribution in [-0.4, -0.2) is 47.2 Å². The number of phenols is 1. The second-order valence-corrected chi connectivity index (χ2v) is 7.27. The molecule has 2 aromatic carbocycles. The number of carbonyl (C=O) groups excluding carboxylic acids is 1. The van der Waals surface area contributed by atoms with Crippen molar-refractivity contribution in [3.8, 4) is 11.5 Å². The summed E-state index contributed by atoms with van der Waals surface area (Å²) >= 11 is 0. The van der Waals surface area contributed by atoms with Crippen molar-refractivity contribution < 1.29 is 24.5 Å². The van der Waals surface area contributed by atoms with Crippen molar-refractivity contribution in [1.29, 1.82) is 0 Å². The number of ether oxygens (including phenoxy) is 1.